The largest absolute Gasteiger partial charge is 0.488 e. The van der Waals surface area contributed by atoms with Gasteiger partial charge in [-0.3, -0.25) is 14.3 Å². The predicted molar refractivity (Wildman–Crippen MR) is 174 cm³/mol. The van der Waals surface area contributed by atoms with Crippen LogP contribution < -0.4 is 4.74 Å². The summed E-state index contributed by atoms with van der Waals surface area (Å²) in [6.45, 7) is 11.3. The van der Waals surface area contributed by atoms with E-state index in [1.165, 1.54) is 4.31 Å². The van der Waals surface area contributed by atoms with E-state index >= 15 is 0 Å². The minimum absolute atomic E-state index is 0.0418. The van der Waals surface area contributed by atoms with Gasteiger partial charge in [0, 0.05) is 32.6 Å². The second kappa shape index (κ2) is 14.1. The van der Waals surface area contributed by atoms with Crippen LogP contribution in [-0.2, 0) is 44.0 Å². The van der Waals surface area contributed by atoms with Crippen LogP contribution in [0.25, 0.3) is 0 Å². The molecule has 13 heteroatoms. The molecular weight excluding hydrogens is 622 g/mol. The van der Waals surface area contributed by atoms with Crippen molar-refractivity contribution in [1.82, 2.24) is 24.2 Å². The lowest BCUT2D eigenvalue weighted by molar-refractivity contribution is -0.158. The topological polar surface area (TPSA) is 144 Å². The Labute approximate surface area is 276 Å². The second-order valence-corrected chi connectivity index (χ2v) is 15.1. The monoisotopic (exact) mass is 667 g/mol. The molecule has 3 heterocycles. The Morgan fingerprint density at radius 1 is 1.15 bits per heavy atom. The Bertz CT molecular complexity index is 1700. The number of ether oxygens (including phenoxy) is 2. The summed E-state index contributed by atoms with van der Waals surface area (Å²) in [5, 5.41) is 18.8. The number of carboxylic acids is 1. The Balaban J connectivity index is 1.32. The van der Waals surface area contributed by atoms with Crippen molar-refractivity contribution in [3.8, 4) is 5.75 Å². The van der Waals surface area contributed by atoms with Crippen LogP contribution in [0.2, 0.25) is 0 Å². The molecule has 0 bridgehead atoms. The van der Waals surface area contributed by atoms with Gasteiger partial charge >= 0.3 is 5.97 Å². The maximum atomic E-state index is 13.7. The highest BCUT2D eigenvalue weighted by atomic mass is 32.2. The lowest BCUT2D eigenvalue weighted by Crippen LogP contribution is -2.39. The molecule has 1 N–H and O–H groups in total. The summed E-state index contributed by atoms with van der Waals surface area (Å²) in [6.07, 6.45) is 2.91. The van der Waals surface area contributed by atoms with Crippen molar-refractivity contribution in [2.24, 2.45) is 11.3 Å². The molecule has 2 aromatic carbocycles. The highest BCUT2D eigenvalue weighted by Crippen LogP contribution is 2.39. The van der Waals surface area contributed by atoms with E-state index in [9.17, 15) is 23.1 Å². The molecule has 12 nitrogen and oxygen atoms in total. The van der Waals surface area contributed by atoms with Gasteiger partial charge < -0.3 is 19.5 Å². The number of benzene rings is 2. The van der Waals surface area contributed by atoms with Gasteiger partial charge in [0.1, 0.15) is 22.4 Å². The quantitative estimate of drug-likeness (QED) is 0.311. The number of rotatable bonds is 11. The minimum Gasteiger partial charge on any atom is -0.488 e. The highest BCUT2D eigenvalue weighted by Gasteiger charge is 2.40. The standard InChI is InChI=1S/C34H45N5O7S/c1-6-31(40)37-15-13-25(14-16-37)19-38-21-28(35-36-38)22-45-32(34(4,5)33(41)42)26-12-11-23(2)27(17-26)20-39-18-24(3)46-29-9-7-8-10-30(29)47(39,43)44/h7-12,17,21,24-25,32H,6,13-16,18-20,22H2,1-5H3,(H,41,42)/t24-,32?/m1/s1. The summed E-state index contributed by atoms with van der Waals surface area (Å²) in [5.41, 5.74) is 1.49. The van der Waals surface area contributed by atoms with Gasteiger partial charge in [0.15, 0.2) is 0 Å². The first-order chi connectivity index (χ1) is 22.3. The number of hydrogen-bond acceptors (Lipinski definition) is 8. The number of aliphatic carboxylic acids is 1. The van der Waals surface area contributed by atoms with Gasteiger partial charge in [0.2, 0.25) is 15.9 Å². The van der Waals surface area contributed by atoms with E-state index in [1.807, 2.05) is 50.1 Å². The van der Waals surface area contributed by atoms with Gasteiger partial charge in [0.05, 0.1) is 30.9 Å². The summed E-state index contributed by atoms with van der Waals surface area (Å²) >= 11 is 0. The zero-order valence-corrected chi connectivity index (χ0v) is 28.6. The SMILES string of the molecule is CCC(=O)N1CCC(Cn2cc(COC(c3ccc(C)c(CN4C[C@@H](C)Oc5ccccc5S4(=O)=O)c3)C(C)(C)C(=O)O)nn2)CC1. The average molecular weight is 668 g/mol. The molecule has 3 aromatic rings. The molecule has 2 atom stereocenters. The molecule has 0 spiro atoms. The predicted octanol–water partition coefficient (Wildman–Crippen LogP) is 4.58. The first kappa shape index (κ1) is 34.5. The zero-order chi connectivity index (χ0) is 33.9. The maximum Gasteiger partial charge on any atom is 0.312 e. The number of fused-ring (bicyclic) bond motifs is 1. The van der Waals surface area contributed by atoms with Crippen LogP contribution in [0.15, 0.2) is 53.6 Å². The first-order valence-electron chi connectivity index (χ1n) is 16.2. The van der Waals surface area contributed by atoms with E-state index in [0.717, 1.165) is 37.1 Å². The number of hydrogen-bond donors (Lipinski definition) is 1. The van der Waals surface area contributed by atoms with Crippen molar-refractivity contribution in [1.29, 1.82) is 0 Å². The van der Waals surface area contributed by atoms with Gasteiger partial charge in [-0.1, -0.05) is 42.5 Å². The van der Waals surface area contributed by atoms with Gasteiger partial charge in [-0.25, -0.2) is 8.42 Å². The van der Waals surface area contributed by atoms with Gasteiger partial charge in [0.25, 0.3) is 0 Å². The van der Waals surface area contributed by atoms with Crippen molar-refractivity contribution < 1.29 is 32.6 Å². The third-order valence-corrected chi connectivity index (χ3v) is 11.0. The summed E-state index contributed by atoms with van der Waals surface area (Å²) in [5.74, 6) is -0.133. The molecule has 0 aliphatic carbocycles. The van der Waals surface area contributed by atoms with Crippen LogP contribution in [0, 0.1) is 18.3 Å². The van der Waals surface area contributed by atoms with Gasteiger partial charge in [-0.05, 0) is 75.3 Å². The summed E-state index contributed by atoms with van der Waals surface area (Å²) in [4.78, 5) is 26.5. The summed E-state index contributed by atoms with van der Waals surface area (Å²) in [7, 11) is -3.86. The van der Waals surface area contributed by atoms with Crippen molar-refractivity contribution >= 4 is 21.9 Å². The van der Waals surface area contributed by atoms with Gasteiger partial charge in [-0.2, -0.15) is 4.31 Å². The van der Waals surface area contributed by atoms with E-state index in [2.05, 4.69) is 10.3 Å². The normalized spacial score (nSPS) is 19.4. The molecule has 1 saturated heterocycles. The minimum atomic E-state index is -3.86. The van der Waals surface area contributed by atoms with E-state index < -0.39 is 27.5 Å². The first-order valence-corrected chi connectivity index (χ1v) is 17.6. The lowest BCUT2D eigenvalue weighted by atomic mass is 9.81. The van der Waals surface area contributed by atoms with E-state index in [-0.39, 0.29) is 36.6 Å². The van der Waals surface area contributed by atoms with Crippen LogP contribution in [0.3, 0.4) is 0 Å². The van der Waals surface area contributed by atoms with E-state index in [4.69, 9.17) is 9.47 Å². The Morgan fingerprint density at radius 3 is 2.57 bits per heavy atom. The number of aryl methyl sites for hydroxylation is 1. The van der Waals surface area contributed by atoms with Crippen molar-refractivity contribution in [3.63, 3.8) is 0 Å². The number of likely N-dealkylation sites (tertiary alicyclic amines) is 1. The molecule has 1 aromatic heterocycles. The molecule has 47 heavy (non-hydrogen) atoms. The number of aromatic nitrogens is 3. The fourth-order valence-corrected chi connectivity index (χ4v) is 7.87. The van der Waals surface area contributed by atoms with Crippen molar-refractivity contribution in [2.75, 3.05) is 19.6 Å². The van der Waals surface area contributed by atoms with E-state index in [0.29, 0.717) is 35.9 Å². The van der Waals surface area contributed by atoms with Crippen LogP contribution in [0.4, 0.5) is 0 Å². The zero-order valence-electron chi connectivity index (χ0n) is 27.8. The van der Waals surface area contributed by atoms with E-state index in [1.54, 1.807) is 42.8 Å². The van der Waals surface area contributed by atoms with Crippen LogP contribution >= 0.6 is 0 Å². The smallest absolute Gasteiger partial charge is 0.312 e. The Hall–Kier alpha value is -3.81. The lowest BCUT2D eigenvalue weighted by Gasteiger charge is -2.31. The Morgan fingerprint density at radius 2 is 1.87 bits per heavy atom. The molecule has 2 aliphatic heterocycles. The van der Waals surface area contributed by atoms with Crippen LogP contribution in [0.5, 0.6) is 5.75 Å². The fraction of sp³-hybridized carbons (Fsp3) is 0.529. The molecule has 5 rings (SSSR count). The molecule has 1 amide bonds. The molecule has 0 saturated carbocycles. The Kier molecular flexibility index (Phi) is 10.4. The third-order valence-electron chi connectivity index (χ3n) is 9.18. The maximum absolute atomic E-state index is 13.7. The number of carbonyl (C=O) groups excluding carboxylic acids is 1. The number of amides is 1. The number of carbonyl (C=O) groups is 2. The highest BCUT2D eigenvalue weighted by molar-refractivity contribution is 7.89. The number of sulfonamides is 1. The average Bonchev–Trinajstić information content (AvgIpc) is 3.45. The molecular formula is C34H45N5O7S. The van der Waals surface area contributed by atoms with Crippen LogP contribution in [0.1, 0.15) is 75.4 Å². The molecule has 1 unspecified atom stereocenters. The molecule has 254 valence electrons. The molecule has 1 fully saturated rings. The van der Waals surface area contributed by atoms with Crippen LogP contribution in [-0.4, -0.2) is 75.3 Å². The molecule has 0 radical (unpaired) electrons. The third kappa shape index (κ3) is 7.68. The molecule has 2 aliphatic rings. The second-order valence-electron chi connectivity index (χ2n) is 13.2. The number of carboxylic acid groups (broad SMARTS) is 1. The number of para-hydroxylation sites is 1. The van der Waals surface area contributed by atoms with Crippen molar-refractivity contribution in [2.45, 2.75) is 90.7 Å². The van der Waals surface area contributed by atoms with Gasteiger partial charge in [-0.15, -0.1) is 5.10 Å². The number of piperidine rings is 1. The summed E-state index contributed by atoms with van der Waals surface area (Å²) < 4.78 is 42.9. The summed E-state index contributed by atoms with van der Waals surface area (Å²) in [6, 6.07) is 12.2. The fourth-order valence-electron chi connectivity index (χ4n) is 6.25. The number of nitrogens with zero attached hydrogens (tertiary/aromatic N) is 5. The van der Waals surface area contributed by atoms with Crippen molar-refractivity contribution in [3.05, 3.63) is 71.0 Å².